The van der Waals surface area contributed by atoms with E-state index in [0.717, 1.165) is 17.7 Å². The molecule has 4 heteroatoms. The van der Waals surface area contributed by atoms with Gasteiger partial charge in [-0.25, -0.2) is 0 Å². The van der Waals surface area contributed by atoms with Crippen molar-refractivity contribution in [1.29, 1.82) is 0 Å². The molecule has 0 spiro atoms. The second-order valence-corrected chi connectivity index (χ2v) is 7.44. The molecule has 1 aromatic rings. The smallest absolute Gasteiger partial charge is 0.155 e. The summed E-state index contributed by atoms with van der Waals surface area (Å²) < 4.78 is 0. The summed E-state index contributed by atoms with van der Waals surface area (Å²) in [6, 6.07) is 8.01. The molecule has 1 aliphatic heterocycles. The van der Waals surface area contributed by atoms with Crippen LogP contribution in [0.25, 0.3) is 0 Å². The summed E-state index contributed by atoms with van der Waals surface area (Å²) >= 11 is 0. The number of carbonyl (C=O) groups excluding carboxylic acids is 1. The second-order valence-electron chi connectivity index (χ2n) is 7.44. The summed E-state index contributed by atoms with van der Waals surface area (Å²) in [7, 11) is 0. The van der Waals surface area contributed by atoms with Gasteiger partial charge in [-0.2, -0.15) is 0 Å². The largest absolute Gasteiger partial charge is 0.512 e. The molecule has 1 heterocycles. The van der Waals surface area contributed by atoms with Crippen molar-refractivity contribution in [3.8, 4) is 0 Å². The maximum Gasteiger partial charge on any atom is 0.155 e. The third-order valence-electron chi connectivity index (χ3n) is 4.45. The van der Waals surface area contributed by atoms with E-state index < -0.39 is 0 Å². The maximum atomic E-state index is 10.0. The van der Waals surface area contributed by atoms with Gasteiger partial charge in [0.25, 0.3) is 0 Å². The first-order chi connectivity index (χ1) is 13.3. The zero-order valence-electron chi connectivity index (χ0n) is 17.8. The van der Waals surface area contributed by atoms with Gasteiger partial charge in [0.1, 0.15) is 0 Å². The Labute approximate surface area is 188 Å². The van der Waals surface area contributed by atoms with Gasteiger partial charge in [0, 0.05) is 32.1 Å². The first-order valence-electron chi connectivity index (χ1n) is 9.82. The number of hydrogen-bond donors (Lipinski definition) is 1. The van der Waals surface area contributed by atoms with Crippen LogP contribution in [0.4, 0.5) is 0 Å². The third kappa shape index (κ3) is 8.08. The van der Waals surface area contributed by atoms with Crippen LogP contribution in [0.2, 0.25) is 0 Å². The minimum Gasteiger partial charge on any atom is -0.512 e. The van der Waals surface area contributed by atoms with Gasteiger partial charge in [-0.15, -0.1) is 34.9 Å². The average Bonchev–Trinajstić information content (AvgIpc) is 2.60. The monoisotopic (exact) mass is 569 g/mol. The zero-order chi connectivity index (χ0) is 20.7. The zero-order valence-corrected chi connectivity index (χ0v) is 20.2. The molecule has 29 heavy (non-hydrogen) atoms. The van der Waals surface area contributed by atoms with Crippen LogP contribution in [0.1, 0.15) is 50.3 Å². The van der Waals surface area contributed by atoms with Crippen LogP contribution >= 0.6 is 0 Å². The Kier molecular flexibility index (Phi) is 10.2. The third-order valence-corrected chi connectivity index (χ3v) is 4.45. The van der Waals surface area contributed by atoms with Gasteiger partial charge in [-0.05, 0) is 26.0 Å². The van der Waals surface area contributed by atoms with E-state index >= 15 is 0 Å². The number of nitrogens with zero attached hydrogens (tertiary/aromatic N) is 1. The van der Waals surface area contributed by atoms with E-state index in [9.17, 15) is 4.79 Å². The molecular formula is C25H30IrNO2-. The summed E-state index contributed by atoms with van der Waals surface area (Å²) in [6.45, 7) is 9.29. The molecule has 1 aliphatic carbocycles. The van der Waals surface area contributed by atoms with Crippen molar-refractivity contribution >= 4 is 11.5 Å². The van der Waals surface area contributed by atoms with E-state index in [1.165, 1.54) is 43.0 Å². The van der Waals surface area contributed by atoms with Gasteiger partial charge in [-0.3, -0.25) is 4.79 Å². The van der Waals surface area contributed by atoms with Crippen LogP contribution in [0, 0.1) is 25.8 Å². The Bertz CT molecular complexity index is 851. The van der Waals surface area contributed by atoms with Crippen LogP contribution < -0.4 is 0 Å². The molecule has 0 bridgehead atoms. The molecule has 0 saturated carbocycles. The number of carbonyl (C=O) groups is 1. The fourth-order valence-corrected chi connectivity index (χ4v) is 3.38. The molecule has 3 nitrogen and oxygen atoms in total. The Hall–Kier alpha value is -2.03. The average molecular weight is 569 g/mol. The number of aliphatic hydroxyl groups is 1. The predicted octanol–water partition coefficient (Wildman–Crippen LogP) is 5.78. The summed E-state index contributed by atoms with van der Waals surface area (Å²) in [4.78, 5) is 15.0. The van der Waals surface area contributed by atoms with E-state index in [2.05, 4.69) is 69.4 Å². The van der Waals surface area contributed by atoms with Crippen molar-refractivity contribution in [3.05, 3.63) is 82.7 Å². The number of fused-ring (bicyclic) bond motifs is 1. The summed E-state index contributed by atoms with van der Waals surface area (Å²) in [6.07, 6.45) is 14.8. The molecule has 0 aromatic heterocycles. The van der Waals surface area contributed by atoms with Crippen LogP contribution in [-0.2, 0) is 24.9 Å². The van der Waals surface area contributed by atoms with Gasteiger partial charge >= 0.3 is 0 Å². The number of aliphatic hydroxyl groups excluding tert-OH is 1. The Morgan fingerprint density at radius 1 is 1.21 bits per heavy atom. The van der Waals surface area contributed by atoms with Gasteiger partial charge < -0.3 is 10.1 Å². The molecule has 3 rings (SSSR count). The van der Waals surface area contributed by atoms with Gasteiger partial charge in [-0.1, -0.05) is 63.1 Å². The van der Waals surface area contributed by atoms with E-state index in [0.29, 0.717) is 5.92 Å². The van der Waals surface area contributed by atoms with Crippen molar-refractivity contribution in [3.63, 3.8) is 0 Å². The standard InChI is InChI=1S/C20H22N.C5H8O2.Ir/c1-4-5-16-6-7-17-8-9-19(21-20(17)13-16)18-11-14(2)10-15(3)12-18;1-4(6)3-5(2)7;/h6-11,13,17,20H,4-5H2,1-3H3;3,6H,1-2H3;/q-1;;/b;4-3-;. The van der Waals surface area contributed by atoms with Gasteiger partial charge in [0.2, 0.25) is 0 Å². The maximum absolute atomic E-state index is 10.0. The van der Waals surface area contributed by atoms with Crippen molar-refractivity contribution in [2.75, 3.05) is 0 Å². The number of aryl methyl sites for hydroxylation is 2. The number of ketones is 1. The van der Waals surface area contributed by atoms with E-state index in [1.54, 1.807) is 0 Å². The van der Waals surface area contributed by atoms with Crippen molar-refractivity contribution in [1.82, 2.24) is 0 Å². The molecule has 1 aromatic carbocycles. The fraction of sp³-hybridized carbons (Fsp3) is 0.360. The molecule has 1 N–H and O–H groups in total. The number of dihydropyridines is 1. The number of hydrogen-bond acceptors (Lipinski definition) is 3. The molecule has 0 fully saturated rings. The minimum atomic E-state index is -0.125. The van der Waals surface area contributed by atoms with Crippen LogP contribution in [0.15, 0.2) is 64.9 Å². The Morgan fingerprint density at radius 2 is 1.90 bits per heavy atom. The number of aliphatic imine (C=N–C) groups is 1. The quantitative estimate of drug-likeness (QED) is 0.285. The number of allylic oxidation sites excluding steroid dienone is 5. The van der Waals surface area contributed by atoms with E-state index in [1.807, 2.05) is 0 Å². The molecule has 157 valence electrons. The second kappa shape index (κ2) is 11.8. The Morgan fingerprint density at radius 3 is 2.45 bits per heavy atom. The molecule has 0 saturated heterocycles. The topological polar surface area (TPSA) is 49.7 Å². The van der Waals surface area contributed by atoms with E-state index in [-0.39, 0.29) is 37.7 Å². The molecule has 1 radical (unpaired) electrons. The van der Waals surface area contributed by atoms with Gasteiger partial charge in [0.15, 0.2) is 5.78 Å². The van der Waals surface area contributed by atoms with Crippen LogP contribution in [-0.4, -0.2) is 22.6 Å². The first kappa shape index (κ1) is 25.0. The van der Waals surface area contributed by atoms with Crippen molar-refractivity contribution in [2.45, 2.75) is 53.5 Å². The van der Waals surface area contributed by atoms with Crippen LogP contribution in [0.3, 0.4) is 0 Å². The summed E-state index contributed by atoms with van der Waals surface area (Å²) in [5.74, 6) is 0.354. The summed E-state index contributed by atoms with van der Waals surface area (Å²) in [5, 5.41) is 8.36. The molecular weight excluding hydrogens is 538 g/mol. The minimum absolute atomic E-state index is 0. The normalized spacial score (nSPS) is 19.8. The van der Waals surface area contributed by atoms with Crippen molar-refractivity contribution in [2.24, 2.45) is 10.9 Å². The molecule has 2 atom stereocenters. The first-order valence-corrected chi connectivity index (χ1v) is 9.82. The van der Waals surface area contributed by atoms with Crippen LogP contribution in [0.5, 0.6) is 0 Å². The Balaban J connectivity index is 0.000000456. The predicted molar refractivity (Wildman–Crippen MR) is 117 cm³/mol. The molecule has 0 amide bonds. The molecule has 2 unspecified atom stereocenters. The SMILES string of the molecule is CC(=O)/C=C(/C)O.CCCC1=CC2N=C(c3[c-]c(C)cc(C)c3)C=CC2C=C1.[Ir]. The number of rotatable bonds is 4. The molecule has 2 aliphatic rings. The summed E-state index contributed by atoms with van der Waals surface area (Å²) in [5.41, 5.74) is 6.04. The van der Waals surface area contributed by atoms with Crippen molar-refractivity contribution < 1.29 is 30.0 Å². The number of benzene rings is 1. The fourth-order valence-electron chi connectivity index (χ4n) is 3.38. The van der Waals surface area contributed by atoms with Gasteiger partial charge in [0.05, 0.1) is 11.8 Å². The van der Waals surface area contributed by atoms with E-state index in [4.69, 9.17) is 10.1 Å².